The molecule has 4 heteroatoms. The molecule has 2 saturated carbocycles. The second-order valence-electron chi connectivity index (χ2n) is 7.51. The lowest BCUT2D eigenvalue weighted by Crippen LogP contribution is -2.68. The molecule has 20 heavy (non-hydrogen) atoms. The van der Waals surface area contributed by atoms with E-state index in [9.17, 15) is 4.79 Å². The van der Waals surface area contributed by atoms with Crippen LogP contribution < -0.4 is 10.6 Å². The highest BCUT2D eigenvalue weighted by atomic mass is 16.5. The van der Waals surface area contributed by atoms with E-state index in [0.717, 1.165) is 13.2 Å². The lowest BCUT2D eigenvalue weighted by Gasteiger charge is -2.57. The maximum absolute atomic E-state index is 11.9. The quantitative estimate of drug-likeness (QED) is 0.824. The monoisotopic (exact) mass is 280 g/mol. The van der Waals surface area contributed by atoms with Crippen LogP contribution in [-0.2, 0) is 9.53 Å². The Morgan fingerprint density at radius 3 is 2.70 bits per heavy atom. The molecule has 114 valence electrons. The Morgan fingerprint density at radius 1 is 1.35 bits per heavy atom. The summed E-state index contributed by atoms with van der Waals surface area (Å²) in [6.07, 6.45) is 6.95. The summed E-state index contributed by atoms with van der Waals surface area (Å²) in [6.45, 7) is 5.71. The van der Waals surface area contributed by atoms with Crippen LogP contribution in [-0.4, -0.2) is 38.3 Å². The maximum Gasteiger partial charge on any atom is 0.226 e. The fourth-order valence-corrected chi connectivity index (χ4v) is 4.79. The van der Waals surface area contributed by atoms with Crippen LogP contribution in [0, 0.1) is 16.7 Å². The molecule has 2 N–H and O–H groups in total. The minimum Gasteiger partial charge on any atom is -0.377 e. The van der Waals surface area contributed by atoms with Crippen LogP contribution in [0.15, 0.2) is 0 Å². The van der Waals surface area contributed by atoms with Gasteiger partial charge in [-0.25, -0.2) is 0 Å². The van der Waals surface area contributed by atoms with Crippen molar-refractivity contribution in [3.63, 3.8) is 0 Å². The van der Waals surface area contributed by atoms with Gasteiger partial charge in [0.05, 0.1) is 11.5 Å². The molecule has 0 radical (unpaired) electrons. The predicted octanol–water partition coefficient (Wildman–Crippen LogP) is 1.70. The van der Waals surface area contributed by atoms with E-state index in [0.29, 0.717) is 23.5 Å². The minimum absolute atomic E-state index is 0.115. The Labute approximate surface area is 122 Å². The number of hydrogen-bond donors (Lipinski definition) is 2. The first-order chi connectivity index (χ1) is 9.51. The summed E-state index contributed by atoms with van der Waals surface area (Å²) in [7, 11) is 1.72. The van der Waals surface area contributed by atoms with E-state index in [2.05, 4.69) is 10.6 Å². The molecule has 1 heterocycles. The Morgan fingerprint density at radius 2 is 2.05 bits per heavy atom. The van der Waals surface area contributed by atoms with Gasteiger partial charge in [-0.05, 0) is 33.1 Å². The van der Waals surface area contributed by atoms with Crippen molar-refractivity contribution in [2.24, 2.45) is 16.7 Å². The Kier molecular flexibility index (Phi) is 3.57. The molecule has 0 aromatic carbocycles. The van der Waals surface area contributed by atoms with Crippen LogP contribution in [0.5, 0.6) is 0 Å². The lowest BCUT2D eigenvalue weighted by molar-refractivity contribution is -0.137. The zero-order valence-corrected chi connectivity index (χ0v) is 13.0. The zero-order valence-electron chi connectivity index (χ0n) is 13.0. The van der Waals surface area contributed by atoms with Crippen molar-refractivity contribution < 1.29 is 9.53 Å². The molecule has 0 aromatic heterocycles. The largest absolute Gasteiger partial charge is 0.377 e. The number of nitrogens with one attached hydrogen (secondary N) is 2. The second kappa shape index (κ2) is 4.99. The number of amides is 1. The van der Waals surface area contributed by atoms with Crippen LogP contribution in [0.3, 0.4) is 0 Å². The van der Waals surface area contributed by atoms with Crippen molar-refractivity contribution in [2.45, 2.75) is 58.1 Å². The molecule has 3 atom stereocenters. The van der Waals surface area contributed by atoms with Crippen molar-refractivity contribution in [1.82, 2.24) is 10.6 Å². The van der Waals surface area contributed by atoms with Gasteiger partial charge < -0.3 is 15.4 Å². The Balaban J connectivity index is 1.66. The maximum atomic E-state index is 11.9. The molecule has 1 saturated heterocycles. The number of rotatable bonds is 4. The number of ether oxygens (including phenoxy) is 1. The average molecular weight is 280 g/mol. The standard InChI is InChI=1S/C16H28N2O2/c1-15(2,14(19)17-3)10-18-12-11-6-9-20-13(11)16(12)7-4-5-8-16/h11-13,18H,4-10H2,1-3H3,(H,17,19)/t11-,12+,13+/m0/s1. The van der Waals surface area contributed by atoms with E-state index in [4.69, 9.17) is 4.74 Å². The van der Waals surface area contributed by atoms with E-state index >= 15 is 0 Å². The van der Waals surface area contributed by atoms with Gasteiger partial charge in [-0.3, -0.25) is 4.79 Å². The topological polar surface area (TPSA) is 50.4 Å². The molecule has 4 nitrogen and oxygen atoms in total. The minimum atomic E-state index is -0.348. The molecule has 1 aliphatic heterocycles. The Bertz CT molecular complexity index is 388. The SMILES string of the molecule is CNC(=O)C(C)(C)CN[C@@H]1[C@@H]2CCO[C@H]2C12CCCC2. The molecule has 1 spiro atoms. The number of fused-ring (bicyclic) bond motifs is 2. The summed E-state index contributed by atoms with van der Waals surface area (Å²) < 4.78 is 6.00. The molecule has 0 bridgehead atoms. The summed E-state index contributed by atoms with van der Waals surface area (Å²) in [4.78, 5) is 11.9. The molecular weight excluding hydrogens is 252 g/mol. The van der Waals surface area contributed by atoms with Gasteiger partial charge >= 0.3 is 0 Å². The molecule has 2 aliphatic carbocycles. The van der Waals surface area contributed by atoms with Gasteiger partial charge in [0.1, 0.15) is 0 Å². The fourth-order valence-electron chi connectivity index (χ4n) is 4.79. The summed E-state index contributed by atoms with van der Waals surface area (Å²) in [5.41, 5.74) is 0.0268. The average Bonchev–Trinajstić information content (AvgIpc) is 3.04. The third-order valence-corrected chi connectivity index (χ3v) is 5.89. The zero-order chi connectivity index (χ0) is 14.4. The van der Waals surface area contributed by atoms with Crippen molar-refractivity contribution in [1.29, 1.82) is 0 Å². The molecule has 0 aromatic rings. The molecule has 1 amide bonds. The van der Waals surface area contributed by atoms with Crippen LogP contribution in [0.25, 0.3) is 0 Å². The summed E-state index contributed by atoms with van der Waals surface area (Å²) in [5, 5.41) is 6.51. The van der Waals surface area contributed by atoms with Gasteiger partial charge in [-0.2, -0.15) is 0 Å². The Hall–Kier alpha value is -0.610. The molecular formula is C16H28N2O2. The number of carbonyl (C=O) groups is 1. The molecule has 0 unspecified atom stereocenters. The van der Waals surface area contributed by atoms with Gasteiger partial charge in [-0.1, -0.05) is 12.8 Å². The highest BCUT2D eigenvalue weighted by molar-refractivity contribution is 5.81. The van der Waals surface area contributed by atoms with Gasteiger partial charge in [0.15, 0.2) is 0 Å². The van der Waals surface area contributed by atoms with Gasteiger partial charge in [0.25, 0.3) is 0 Å². The van der Waals surface area contributed by atoms with Crippen molar-refractivity contribution in [3.05, 3.63) is 0 Å². The smallest absolute Gasteiger partial charge is 0.226 e. The normalized spacial score (nSPS) is 34.9. The first-order valence-corrected chi connectivity index (χ1v) is 8.08. The summed E-state index contributed by atoms with van der Waals surface area (Å²) in [6, 6.07) is 0.557. The number of carbonyl (C=O) groups excluding carboxylic acids is 1. The van der Waals surface area contributed by atoms with Crippen molar-refractivity contribution in [3.8, 4) is 0 Å². The van der Waals surface area contributed by atoms with Crippen molar-refractivity contribution in [2.75, 3.05) is 20.2 Å². The first-order valence-electron chi connectivity index (χ1n) is 8.08. The van der Waals surface area contributed by atoms with Gasteiger partial charge in [0.2, 0.25) is 5.91 Å². The van der Waals surface area contributed by atoms with Crippen LogP contribution >= 0.6 is 0 Å². The third kappa shape index (κ3) is 2.00. The van der Waals surface area contributed by atoms with E-state index in [1.165, 1.54) is 32.1 Å². The first kappa shape index (κ1) is 14.3. The van der Waals surface area contributed by atoms with Crippen molar-refractivity contribution >= 4 is 5.91 Å². The predicted molar refractivity (Wildman–Crippen MR) is 78.4 cm³/mol. The summed E-state index contributed by atoms with van der Waals surface area (Å²) >= 11 is 0. The van der Waals surface area contributed by atoms with Gasteiger partial charge in [-0.15, -0.1) is 0 Å². The van der Waals surface area contributed by atoms with Crippen LogP contribution in [0.4, 0.5) is 0 Å². The highest BCUT2D eigenvalue weighted by Crippen LogP contribution is 2.60. The van der Waals surface area contributed by atoms with Gasteiger partial charge in [0, 0.05) is 37.6 Å². The second-order valence-corrected chi connectivity index (χ2v) is 7.51. The molecule has 3 fully saturated rings. The highest BCUT2D eigenvalue weighted by Gasteiger charge is 2.64. The number of hydrogen-bond acceptors (Lipinski definition) is 3. The summed E-state index contributed by atoms with van der Waals surface area (Å²) in [5.74, 6) is 0.789. The third-order valence-electron chi connectivity index (χ3n) is 5.89. The lowest BCUT2D eigenvalue weighted by atomic mass is 9.54. The fraction of sp³-hybridized carbons (Fsp3) is 0.938. The van der Waals surface area contributed by atoms with E-state index in [1.54, 1.807) is 7.05 Å². The van der Waals surface area contributed by atoms with Crippen LogP contribution in [0.1, 0.15) is 46.0 Å². The van der Waals surface area contributed by atoms with E-state index in [-0.39, 0.29) is 11.3 Å². The molecule has 3 aliphatic rings. The van der Waals surface area contributed by atoms with Crippen LogP contribution in [0.2, 0.25) is 0 Å². The van der Waals surface area contributed by atoms with E-state index < -0.39 is 0 Å². The molecule has 3 rings (SSSR count). The van der Waals surface area contributed by atoms with E-state index in [1.807, 2.05) is 13.8 Å².